The van der Waals surface area contributed by atoms with Crippen LogP contribution in [0, 0.1) is 12.8 Å². The topological polar surface area (TPSA) is 103 Å². The average molecular weight is 409 g/mol. The lowest BCUT2D eigenvalue weighted by molar-refractivity contribution is -0.120. The maximum absolute atomic E-state index is 12.3. The Morgan fingerprint density at radius 3 is 2.63 bits per heavy atom. The summed E-state index contributed by atoms with van der Waals surface area (Å²) in [7, 11) is 0. The molecule has 0 atom stereocenters. The summed E-state index contributed by atoms with van der Waals surface area (Å²) in [5.74, 6) is 0.124. The van der Waals surface area contributed by atoms with Crippen molar-refractivity contribution in [2.24, 2.45) is 5.92 Å². The summed E-state index contributed by atoms with van der Waals surface area (Å²) < 4.78 is 11.6. The summed E-state index contributed by atoms with van der Waals surface area (Å²) in [6.45, 7) is 1.59. The van der Waals surface area contributed by atoms with E-state index in [4.69, 9.17) is 9.26 Å². The van der Waals surface area contributed by atoms with Crippen molar-refractivity contribution in [2.75, 3.05) is 5.32 Å². The van der Waals surface area contributed by atoms with E-state index in [1.54, 1.807) is 37.3 Å². The second-order valence-electron chi connectivity index (χ2n) is 7.56. The van der Waals surface area contributed by atoms with Gasteiger partial charge in [0.2, 0.25) is 5.91 Å². The number of ether oxygens (including phenoxy) is 1. The maximum Gasteiger partial charge on any atom is 0.338 e. The molecule has 0 unspecified atom stereocenters. The molecule has 1 aromatic carbocycles. The van der Waals surface area contributed by atoms with Crippen LogP contribution in [0.4, 0.5) is 5.69 Å². The number of nitrogens with one attached hydrogen (secondary N) is 1. The molecular formula is C22H23N3O5. The van der Waals surface area contributed by atoms with Gasteiger partial charge in [0.1, 0.15) is 12.4 Å². The van der Waals surface area contributed by atoms with Crippen LogP contribution in [-0.4, -0.2) is 21.4 Å². The number of carbonyl (C=O) groups is 2. The molecule has 0 aliphatic heterocycles. The fourth-order valence-electron chi connectivity index (χ4n) is 3.67. The van der Waals surface area contributed by atoms with Crippen LogP contribution < -0.4 is 10.9 Å². The normalized spacial score (nSPS) is 14.6. The molecule has 8 heteroatoms. The number of aromatic nitrogens is 2. The van der Waals surface area contributed by atoms with Gasteiger partial charge in [0, 0.05) is 23.7 Å². The lowest BCUT2D eigenvalue weighted by Gasteiger charge is -2.20. The summed E-state index contributed by atoms with van der Waals surface area (Å²) >= 11 is 0. The molecule has 2 heterocycles. The van der Waals surface area contributed by atoms with E-state index in [2.05, 4.69) is 10.3 Å². The van der Waals surface area contributed by atoms with E-state index in [9.17, 15) is 14.4 Å². The van der Waals surface area contributed by atoms with E-state index in [-0.39, 0.29) is 24.0 Å². The molecule has 1 N–H and O–H groups in total. The number of nitrogens with zero attached hydrogens (tertiary/aromatic N) is 2. The molecule has 30 heavy (non-hydrogen) atoms. The van der Waals surface area contributed by atoms with Gasteiger partial charge in [0.25, 0.3) is 5.56 Å². The van der Waals surface area contributed by atoms with Crippen molar-refractivity contribution in [3.63, 3.8) is 0 Å². The van der Waals surface area contributed by atoms with Crippen molar-refractivity contribution >= 4 is 23.2 Å². The molecule has 0 spiro atoms. The number of carbonyl (C=O) groups excluding carboxylic acids is 2. The third kappa shape index (κ3) is 4.42. The molecule has 4 rings (SSSR count). The maximum atomic E-state index is 12.3. The highest BCUT2D eigenvalue weighted by Gasteiger charge is 2.21. The number of esters is 1. The molecule has 1 fully saturated rings. The van der Waals surface area contributed by atoms with Gasteiger partial charge in [-0.2, -0.15) is 0 Å². The zero-order valence-corrected chi connectivity index (χ0v) is 16.7. The Bertz CT molecular complexity index is 1120. The quantitative estimate of drug-likeness (QED) is 0.647. The minimum Gasteiger partial charge on any atom is -0.456 e. The van der Waals surface area contributed by atoms with E-state index >= 15 is 0 Å². The summed E-state index contributed by atoms with van der Waals surface area (Å²) in [5.41, 5.74) is 1.33. The number of aryl methyl sites for hydroxylation is 1. The van der Waals surface area contributed by atoms with Gasteiger partial charge in [-0.15, -0.1) is 4.57 Å². The van der Waals surface area contributed by atoms with Crippen LogP contribution in [0.2, 0.25) is 0 Å². The minimum atomic E-state index is -0.537. The molecule has 1 amide bonds. The van der Waals surface area contributed by atoms with Gasteiger partial charge in [-0.25, -0.2) is 9.78 Å². The molecule has 2 aromatic heterocycles. The van der Waals surface area contributed by atoms with Gasteiger partial charge in [-0.1, -0.05) is 19.3 Å². The fraction of sp³-hybridized carbons (Fsp3) is 0.364. The Morgan fingerprint density at radius 1 is 1.17 bits per heavy atom. The van der Waals surface area contributed by atoms with Gasteiger partial charge < -0.3 is 14.6 Å². The van der Waals surface area contributed by atoms with E-state index in [1.165, 1.54) is 12.5 Å². The number of hydrogen-bond donors (Lipinski definition) is 1. The number of anilines is 1. The van der Waals surface area contributed by atoms with Gasteiger partial charge in [-0.3, -0.25) is 9.59 Å². The van der Waals surface area contributed by atoms with E-state index in [0.29, 0.717) is 28.4 Å². The Morgan fingerprint density at radius 2 is 1.90 bits per heavy atom. The Hall–Kier alpha value is -3.42. The predicted molar refractivity (Wildman–Crippen MR) is 109 cm³/mol. The van der Waals surface area contributed by atoms with E-state index in [0.717, 1.165) is 30.3 Å². The third-order valence-corrected chi connectivity index (χ3v) is 5.24. The van der Waals surface area contributed by atoms with Crippen molar-refractivity contribution < 1.29 is 18.8 Å². The number of amides is 1. The molecule has 1 aliphatic rings. The Kier molecular flexibility index (Phi) is 5.65. The number of rotatable bonds is 5. The highest BCUT2D eigenvalue weighted by atomic mass is 16.5. The summed E-state index contributed by atoms with van der Waals surface area (Å²) in [6, 6.07) is 9.47. The lowest BCUT2D eigenvalue weighted by atomic mass is 9.88. The number of benzene rings is 1. The van der Waals surface area contributed by atoms with Crippen molar-refractivity contribution in [3.05, 3.63) is 63.8 Å². The fourth-order valence-corrected chi connectivity index (χ4v) is 3.67. The second-order valence-corrected chi connectivity index (χ2v) is 7.56. The number of fused-ring (bicyclic) bond motifs is 1. The van der Waals surface area contributed by atoms with Gasteiger partial charge in [-0.05, 0) is 44.0 Å². The van der Waals surface area contributed by atoms with Crippen LogP contribution in [0.3, 0.4) is 0 Å². The Balaban J connectivity index is 1.35. The highest BCUT2D eigenvalue weighted by Crippen LogP contribution is 2.25. The van der Waals surface area contributed by atoms with E-state index < -0.39 is 5.97 Å². The molecule has 1 aliphatic carbocycles. The predicted octanol–water partition coefficient (Wildman–Crippen LogP) is 3.47. The van der Waals surface area contributed by atoms with E-state index in [1.807, 2.05) is 0 Å². The van der Waals surface area contributed by atoms with Gasteiger partial charge >= 0.3 is 5.97 Å². The van der Waals surface area contributed by atoms with Crippen molar-refractivity contribution in [1.82, 2.24) is 9.56 Å². The third-order valence-electron chi connectivity index (χ3n) is 5.24. The lowest BCUT2D eigenvalue weighted by Crippen LogP contribution is -2.24. The first-order chi connectivity index (χ1) is 14.5. The van der Waals surface area contributed by atoms with Crippen LogP contribution in [0.1, 0.15) is 53.9 Å². The SMILES string of the molecule is Cc1cc2nc(COC(=O)c3ccc(NC(=O)C4CCCCC4)cc3)cc(=O)n2o1. The van der Waals surface area contributed by atoms with Gasteiger partial charge in [0.15, 0.2) is 5.65 Å². The minimum absolute atomic E-state index is 0.0345. The summed E-state index contributed by atoms with van der Waals surface area (Å²) in [4.78, 5) is 40.9. The molecule has 1 saturated carbocycles. The molecule has 3 aromatic rings. The second kappa shape index (κ2) is 8.52. The monoisotopic (exact) mass is 409 g/mol. The van der Waals surface area contributed by atoms with Crippen LogP contribution >= 0.6 is 0 Å². The van der Waals surface area contributed by atoms with Crippen LogP contribution in [-0.2, 0) is 16.1 Å². The zero-order valence-electron chi connectivity index (χ0n) is 16.7. The highest BCUT2D eigenvalue weighted by molar-refractivity contribution is 5.94. The summed E-state index contributed by atoms with van der Waals surface area (Å²) in [5, 5.41) is 2.91. The average Bonchev–Trinajstić information content (AvgIpc) is 3.14. The van der Waals surface area contributed by atoms with Crippen LogP contribution in [0.5, 0.6) is 0 Å². The van der Waals surface area contributed by atoms with Crippen LogP contribution in [0.15, 0.2) is 45.7 Å². The standard InChI is InChI=1S/C22H23N3O5/c1-14-11-19-23-18(12-20(26)25(19)30-14)13-29-22(28)16-7-9-17(10-8-16)24-21(27)15-5-3-2-4-6-15/h7-12,15H,2-6,13H2,1H3,(H,24,27). The zero-order chi connectivity index (χ0) is 21.1. The van der Waals surface area contributed by atoms with Gasteiger partial charge in [0.05, 0.1) is 11.3 Å². The smallest absolute Gasteiger partial charge is 0.338 e. The molecule has 0 saturated heterocycles. The number of hydrogen-bond acceptors (Lipinski definition) is 6. The molecule has 8 nitrogen and oxygen atoms in total. The first-order valence-electron chi connectivity index (χ1n) is 10.1. The molecule has 156 valence electrons. The first-order valence-corrected chi connectivity index (χ1v) is 10.1. The molecular weight excluding hydrogens is 386 g/mol. The van der Waals surface area contributed by atoms with Crippen molar-refractivity contribution in [2.45, 2.75) is 45.6 Å². The molecule has 0 bridgehead atoms. The van der Waals surface area contributed by atoms with Crippen LogP contribution in [0.25, 0.3) is 5.65 Å². The molecule has 0 radical (unpaired) electrons. The first kappa shape index (κ1) is 19.9. The van der Waals surface area contributed by atoms with Crippen molar-refractivity contribution in [1.29, 1.82) is 0 Å². The van der Waals surface area contributed by atoms with Crippen molar-refractivity contribution in [3.8, 4) is 0 Å². The summed E-state index contributed by atoms with van der Waals surface area (Å²) in [6.07, 6.45) is 5.24. The Labute approximate surface area is 172 Å². The largest absolute Gasteiger partial charge is 0.456 e.